The summed E-state index contributed by atoms with van der Waals surface area (Å²) in [5.74, 6) is 0. The van der Waals surface area contributed by atoms with Gasteiger partial charge < -0.3 is 10.2 Å². The van der Waals surface area contributed by atoms with Crippen LogP contribution in [0.2, 0.25) is 0 Å². The Hall–Kier alpha value is -0.380. The van der Waals surface area contributed by atoms with Gasteiger partial charge in [0.25, 0.3) is 0 Å². The maximum Gasteiger partial charge on any atom is 0.0304 e. The summed E-state index contributed by atoms with van der Waals surface area (Å²) in [7, 11) is 0. The van der Waals surface area contributed by atoms with Gasteiger partial charge in [-0.15, -0.1) is 11.3 Å². The third-order valence-electron chi connectivity index (χ3n) is 3.65. The minimum absolute atomic E-state index is 0.726. The van der Waals surface area contributed by atoms with Gasteiger partial charge in [0.1, 0.15) is 0 Å². The number of aryl methyl sites for hydroxylation is 1. The molecule has 17 heavy (non-hydrogen) atoms. The molecular weight excluding hydrogens is 228 g/mol. The van der Waals surface area contributed by atoms with Gasteiger partial charge >= 0.3 is 0 Å². The molecule has 0 radical (unpaired) electrons. The lowest BCUT2D eigenvalue weighted by Gasteiger charge is -2.32. The van der Waals surface area contributed by atoms with Crippen LogP contribution in [0.15, 0.2) is 11.4 Å². The Morgan fingerprint density at radius 1 is 1.41 bits per heavy atom. The number of likely N-dealkylation sites (tertiary alicyclic amines) is 1. The van der Waals surface area contributed by atoms with Gasteiger partial charge in [0.2, 0.25) is 0 Å². The molecule has 1 saturated heterocycles. The molecule has 1 aromatic heterocycles. The largest absolute Gasteiger partial charge is 0.309 e. The fourth-order valence-corrected chi connectivity index (χ4v) is 3.36. The summed E-state index contributed by atoms with van der Waals surface area (Å²) in [6, 6.07) is 2.94. The minimum atomic E-state index is 0.726. The molecule has 0 bridgehead atoms. The normalized spacial score (nSPS) is 18.7. The Morgan fingerprint density at radius 2 is 2.18 bits per heavy atom. The Bertz CT molecular complexity index is 327. The van der Waals surface area contributed by atoms with Gasteiger partial charge in [0.15, 0.2) is 0 Å². The van der Waals surface area contributed by atoms with Gasteiger partial charge in [-0.2, -0.15) is 0 Å². The molecule has 1 N–H and O–H groups in total. The van der Waals surface area contributed by atoms with Crippen LogP contribution in [0.1, 0.15) is 36.6 Å². The van der Waals surface area contributed by atoms with E-state index in [0.29, 0.717) is 0 Å². The van der Waals surface area contributed by atoms with Crippen molar-refractivity contribution >= 4 is 11.3 Å². The average Bonchev–Trinajstić information content (AvgIpc) is 2.75. The van der Waals surface area contributed by atoms with Gasteiger partial charge in [0, 0.05) is 17.5 Å². The van der Waals surface area contributed by atoms with Gasteiger partial charge in [-0.25, -0.2) is 0 Å². The van der Waals surface area contributed by atoms with Crippen molar-refractivity contribution in [2.45, 2.75) is 45.7 Å². The molecule has 3 heteroatoms. The zero-order valence-corrected chi connectivity index (χ0v) is 11.9. The second-order valence-corrected chi connectivity index (χ2v) is 6.02. The lowest BCUT2D eigenvalue weighted by atomic mass is 10.0. The molecule has 0 atom stereocenters. The quantitative estimate of drug-likeness (QED) is 0.866. The van der Waals surface area contributed by atoms with E-state index < -0.39 is 0 Å². The molecule has 2 rings (SSSR count). The molecule has 2 nitrogen and oxygen atoms in total. The number of hydrogen-bond acceptors (Lipinski definition) is 3. The second kappa shape index (κ2) is 6.53. The van der Waals surface area contributed by atoms with E-state index in [1.54, 1.807) is 0 Å². The van der Waals surface area contributed by atoms with Gasteiger partial charge in [0.05, 0.1) is 0 Å². The monoisotopic (exact) mass is 252 g/mol. The third kappa shape index (κ3) is 3.80. The lowest BCUT2D eigenvalue weighted by molar-refractivity contribution is 0.197. The molecule has 96 valence electrons. The molecule has 1 aliphatic rings. The summed E-state index contributed by atoms with van der Waals surface area (Å²) in [4.78, 5) is 4.09. The Balaban J connectivity index is 1.70. The Morgan fingerprint density at radius 3 is 2.76 bits per heavy atom. The van der Waals surface area contributed by atoms with Crippen molar-refractivity contribution in [2.75, 3.05) is 19.6 Å². The van der Waals surface area contributed by atoms with E-state index in [9.17, 15) is 0 Å². The number of piperidine rings is 1. The van der Waals surface area contributed by atoms with E-state index in [1.807, 2.05) is 11.3 Å². The highest BCUT2D eigenvalue weighted by Crippen LogP contribution is 2.17. The smallest absolute Gasteiger partial charge is 0.0304 e. The van der Waals surface area contributed by atoms with Crippen LogP contribution in [0, 0.1) is 6.92 Å². The predicted octanol–water partition coefficient (Wildman–Crippen LogP) is 3.02. The molecule has 1 aromatic rings. The molecule has 1 aliphatic heterocycles. The molecule has 1 fully saturated rings. The predicted molar refractivity (Wildman–Crippen MR) is 75.6 cm³/mol. The first-order chi connectivity index (χ1) is 8.29. The number of thiophene rings is 1. The zero-order valence-electron chi connectivity index (χ0n) is 11.0. The fraction of sp³-hybridized carbons (Fsp3) is 0.714. The topological polar surface area (TPSA) is 15.3 Å². The summed E-state index contributed by atoms with van der Waals surface area (Å²) >= 11 is 1.87. The van der Waals surface area contributed by atoms with Crippen molar-refractivity contribution < 1.29 is 0 Å². The highest BCUT2D eigenvalue weighted by molar-refractivity contribution is 7.10. The van der Waals surface area contributed by atoms with Gasteiger partial charge in [-0.1, -0.05) is 6.92 Å². The third-order valence-corrected chi connectivity index (χ3v) is 4.67. The van der Waals surface area contributed by atoms with Crippen molar-refractivity contribution in [3.63, 3.8) is 0 Å². The van der Waals surface area contributed by atoms with Gasteiger partial charge in [-0.05, 0) is 62.8 Å². The minimum Gasteiger partial charge on any atom is -0.309 e. The Labute approximate surface area is 109 Å². The highest BCUT2D eigenvalue weighted by Gasteiger charge is 2.18. The molecule has 0 saturated carbocycles. The van der Waals surface area contributed by atoms with Crippen LogP contribution < -0.4 is 5.32 Å². The molecule has 0 unspecified atom stereocenters. The van der Waals surface area contributed by atoms with Gasteiger partial charge in [-0.3, -0.25) is 0 Å². The average molecular weight is 252 g/mol. The molecule has 0 aromatic carbocycles. The SMILES string of the molecule is CCCN1CCC(NCc2sccc2C)CC1. The summed E-state index contributed by atoms with van der Waals surface area (Å²) in [5, 5.41) is 5.90. The van der Waals surface area contributed by atoms with E-state index in [2.05, 4.69) is 35.5 Å². The molecular formula is C14H24N2S. The molecule has 2 heterocycles. The van der Waals surface area contributed by atoms with E-state index in [4.69, 9.17) is 0 Å². The maximum atomic E-state index is 3.71. The molecule has 0 amide bonds. The number of nitrogens with one attached hydrogen (secondary N) is 1. The molecule has 0 aliphatic carbocycles. The first kappa shape index (κ1) is 13.1. The summed E-state index contributed by atoms with van der Waals surface area (Å²) in [5.41, 5.74) is 1.44. The van der Waals surface area contributed by atoms with Crippen molar-refractivity contribution in [3.8, 4) is 0 Å². The van der Waals surface area contributed by atoms with Crippen LogP contribution in [0.4, 0.5) is 0 Å². The van der Waals surface area contributed by atoms with Crippen molar-refractivity contribution in [3.05, 3.63) is 21.9 Å². The van der Waals surface area contributed by atoms with Crippen LogP contribution >= 0.6 is 11.3 Å². The van der Waals surface area contributed by atoms with Crippen LogP contribution in [-0.4, -0.2) is 30.6 Å². The summed E-state index contributed by atoms with van der Waals surface area (Å²) in [6.45, 7) is 9.35. The van der Waals surface area contributed by atoms with Crippen LogP contribution in [0.3, 0.4) is 0 Å². The van der Waals surface area contributed by atoms with E-state index >= 15 is 0 Å². The van der Waals surface area contributed by atoms with E-state index in [0.717, 1.165) is 12.6 Å². The standard InChI is InChI=1S/C14H24N2S/c1-3-7-16-8-4-13(5-9-16)15-11-14-12(2)6-10-17-14/h6,10,13,15H,3-5,7-9,11H2,1-2H3. The Kier molecular flexibility index (Phi) is 5.01. The lowest BCUT2D eigenvalue weighted by Crippen LogP contribution is -2.42. The van der Waals surface area contributed by atoms with Crippen molar-refractivity contribution in [2.24, 2.45) is 0 Å². The summed E-state index contributed by atoms with van der Waals surface area (Å²) in [6.07, 6.45) is 3.90. The first-order valence-corrected chi connectivity index (χ1v) is 7.66. The van der Waals surface area contributed by atoms with Crippen molar-refractivity contribution in [1.82, 2.24) is 10.2 Å². The number of nitrogens with zero attached hydrogens (tertiary/aromatic N) is 1. The molecule has 0 spiro atoms. The fourth-order valence-electron chi connectivity index (χ4n) is 2.50. The van der Waals surface area contributed by atoms with Crippen LogP contribution in [0.25, 0.3) is 0 Å². The van der Waals surface area contributed by atoms with E-state index in [-0.39, 0.29) is 0 Å². The second-order valence-electron chi connectivity index (χ2n) is 5.02. The highest BCUT2D eigenvalue weighted by atomic mass is 32.1. The number of hydrogen-bond donors (Lipinski definition) is 1. The summed E-state index contributed by atoms with van der Waals surface area (Å²) < 4.78 is 0. The number of rotatable bonds is 5. The zero-order chi connectivity index (χ0) is 12.1. The van der Waals surface area contributed by atoms with Crippen LogP contribution in [0.5, 0.6) is 0 Å². The van der Waals surface area contributed by atoms with Crippen molar-refractivity contribution in [1.29, 1.82) is 0 Å². The van der Waals surface area contributed by atoms with E-state index in [1.165, 1.54) is 49.3 Å². The van der Waals surface area contributed by atoms with Crippen LogP contribution in [-0.2, 0) is 6.54 Å². The first-order valence-electron chi connectivity index (χ1n) is 6.78. The maximum absolute atomic E-state index is 3.71.